The first-order valence-corrected chi connectivity index (χ1v) is 8.26. The van der Waals surface area contributed by atoms with E-state index in [2.05, 4.69) is 5.32 Å². The van der Waals surface area contributed by atoms with E-state index in [-0.39, 0.29) is 12.1 Å². The van der Waals surface area contributed by atoms with Crippen molar-refractivity contribution in [3.05, 3.63) is 0 Å². The fraction of sp³-hybridized carbons (Fsp3) is 1.00. The fourth-order valence-electron chi connectivity index (χ4n) is 2.13. The molecule has 1 aliphatic heterocycles. The second kappa shape index (κ2) is 6.84. The van der Waals surface area contributed by atoms with Crippen molar-refractivity contribution in [3.63, 3.8) is 0 Å². The highest BCUT2D eigenvalue weighted by Crippen LogP contribution is 2.21. The normalized spacial score (nSPS) is 28.2. The molecule has 1 aliphatic rings. The number of hydrogen-bond acceptors (Lipinski definition) is 4. The third-order valence-electron chi connectivity index (χ3n) is 3.41. The van der Waals surface area contributed by atoms with Gasteiger partial charge in [0.15, 0.2) is 0 Å². The Labute approximate surface area is 111 Å². The molecule has 1 N–H and O–H groups in total. The molecule has 1 heterocycles. The number of rotatable bonds is 6. The van der Waals surface area contributed by atoms with Gasteiger partial charge in [0.05, 0.1) is 18.0 Å². The molecule has 0 aromatic carbocycles. The van der Waals surface area contributed by atoms with Crippen LogP contribution in [0.2, 0.25) is 0 Å². The van der Waals surface area contributed by atoms with Crippen LogP contribution in [0.1, 0.15) is 34.1 Å². The third-order valence-corrected chi connectivity index (χ3v) is 5.69. The Morgan fingerprint density at radius 2 is 2.11 bits per heavy atom. The highest BCUT2D eigenvalue weighted by atomic mass is 32.2. The van der Waals surface area contributed by atoms with E-state index in [1.165, 1.54) is 0 Å². The van der Waals surface area contributed by atoms with E-state index in [4.69, 9.17) is 4.74 Å². The molecule has 0 amide bonds. The maximum absolute atomic E-state index is 12.5. The summed E-state index contributed by atoms with van der Waals surface area (Å²) in [6.07, 6.45) is 0.772. The first kappa shape index (κ1) is 15.9. The van der Waals surface area contributed by atoms with E-state index in [0.717, 1.165) is 13.0 Å². The molecule has 6 heteroatoms. The Hall–Kier alpha value is -0.170. The van der Waals surface area contributed by atoms with E-state index < -0.39 is 15.3 Å². The summed E-state index contributed by atoms with van der Waals surface area (Å²) < 4.78 is 32.3. The summed E-state index contributed by atoms with van der Waals surface area (Å²) in [5, 5.41) is 2.71. The average molecular weight is 278 g/mol. The zero-order valence-corrected chi connectivity index (χ0v) is 12.7. The second-order valence-electron chi connectivity index (χ2n) is 4.94. The van der Waals surface area contributed by atoms with Gasteiger partial charge in [-0.3, -0.25) is 0 Å². The molecule has 5 nitrogen and oxygen atoms in total. The maximum Gasteiger partial charge on any atom is 0.218 e. The largest absolute Gasteiger partial charge is 0.375 e. The van der Waals surface area contributed by atoms with Crippen LogP contribution in [0.3, 0.4) is 0 Å². The Balaban J connectivity index is 2.79. The van der Waals surface area contributed by atoms with Gasteiger partial charge in [0.1, 0.15) is 0 Å². The molecule has 0 aromatic heterocycles. The number of nitrogens with one attached hydrogen (secondary N) is 1. The van der Waals surface area contributed by atoms with Gasteiger partial charge in [0.25, 0.3) is 0 Å². The molecule has 1 rings (SSSR count). The van der Waals surface area contributed by atoms with Crippen LogP contribution >= 0.6 is 0 Å². The summed E-state index contributed by atoms with van der Waals surface area (Å²) in [4.78, 5) is 0. The first-order chi connectivity index (χ1) is 8.43. The molecule has 18 heavy (non-hydrogen) atoms. The summed E-state index contributed by atoms with van der Waals surface area (Å²) in [5.41, 5.74) is 0. The van der Waals surface area contributed by atoms with E-state index >= 15 is 0 Å². The van der Waals surface area contributed by atoms with Gasteiger partial charge < -0.3 is 10.1 Å². The third kappa shape index (κ3) is 3.66. The first-order valence-electron chi connectivity index (χ1n) is 6.76. The van der Waals surface area contributed by atoms with Crippen molar-refractivity contribution >= 4 is 10.0 Å². The number of morpholine rings is 1. The maximum atomic E-state index is 12.5. The van der Waals surface area contributed by atoms with Gasteiger partial charge in [-0.25, -0.2) is 8.42 Å². The summed E-state index contributed by atoms with van der Waals surface area (Å²) in [6.45, 7) is 9.93. The van der Waals surface area contributed by atoms with Crippen molar-refractivity contribution in [2.24, 2.45) is 0 Å². The zero-order chi connectivity index (χ0) is 13.8. The number of ether oxygens (including phenoxy) is 1. The minimum Gasteiger partial charge on any atom is -0.375 e. The van der Waals surface area contributed by atoms with Crippen LogP contribution in [-0.2, 0) is 14.8 Å². The second-order valence-corrected chi connectivity index (χ2v) is 7.24. The lowest BCUT2D eigenvalue weighted by atomic mass is 10.2. The average Bonchev–Trinajstić information content (AvgIpc) is 2.35. The zero-order valence-electron chi connectivity index (χ0n) is 11.8. The van der Waals surface area contributed by atoms with Crippen LogP contribution in [0.4, 0.5) is 0 Å². The minimum absolute atomic E-state index is 0.0183. The monoisotopic (exact) mass is 278 g/mol. The highest BCUT2D eigenvalue weighted by molar-refractivity contribution is 7.89. The lowest BCUT2D eigenvalue weighted by Gasteiger charge is -2.38. The molecule has 0 radical (unpaired) electrons. The van der Waals surface area contributed by atoms with Crippen molar-refractivity contribution in [1.82, 2.24) is 9.62 Å². The van der Waals surface area contributed by atoms with Crippen molar-refractivity contribution in [2.45, 2.75) is 51.5 Å². The van der Waals surface area contributed by atoms with Gasteiger partial charge in [0, 0.05) is 19.1 Å². The topological polar surface area (TPSA) is 58.6 Å². The van der Waals surface area contributed by atoms with Gasteiger partial charge in [-0.15, -0.1) is 0 Å². The summed E-state index contributed by atoms with van der Waals surface area (Å²) in [5.74, 6) is 0. The SMILES string of the molecule is CCNCC(C)S(=O)(=O)N1CC(C)OCC1CC. The quantitative estimate of drug-likeness (QED) is 0.781. The van der Waals surface area contributed by atoms with Crippen LogP contribution in [-0.4, -0.2) is 56.4 Å². The van der Waals surface area contributed by atoms with Crippen LogP contribution in [0.25, 0.3) is 0 Å². The van der Waals surface area contributed by atoms with Crippen LogP contribution in [0.15, 0.2) is 0 Å². The molecule has 3 atom stereocenters. The van der Waals surface area contributed by atoms with Gasteiger partial charge in [-0.1, -0.05) is 13.8 Å². The minimum atomic E-state index is -3.24. The predicted octanol–water partition coefficient (Wildman–Crippen LogP) is 0.813. The van der Waals surface area contributed by atoms with Crippen molar-refractivity contribution in [2.75, 3.05) is 26.2 Å². The summed E-state index contributed by atoms with van der Waals surface area (Å²) >= 11 is 0. The molecule has 0 bridgehead atoms. The van der Waals surface area contributed by atoms with Gasteiger partial charge in [-0.2, -0.15) is 4.31 Å². The Morgan fingerprint density at radius 3 is 2.67 bits per heavy atom. The molecule has 0 saturated carbocycles. The molecule has 0 aromatic rings. The smallest absolute Gasteiger partial charge is 0.218 e. The van der Waals surface area contributed by atoms with E-state index in [9.17, 15) is 8.42 Å². The summed E-state index contributed by atoms with van der Waals surface area (Å²) in [7, 11) is -3.24. The van der Waals surface area contributed by atoms with Gasteiger partial charge >= 0.3 is 0 Å². The van der Waals surface area contributed by atoms with E-state index in [0.29, 0.717) is 19.7 Å². The molecule has 3 unspecified atom stereocenters. The van der Waals surface area contributed by atoms with Gasteiger partial charge in [0.2, 0.25) is 10.0 Å². The molecular weight excluding hydrogens is 252 g/mol. The number of hydrogen-bond donors (Lipinski definition) is 1. The molecule has 0 aliphatic carbocycles. The lowest BCUT2D eigenvalue weighted by molar-refractivity contribution is -0.0233. The number of nitrogens with zero attached hydrogens (tertiary/aromatic N) is 1. The van der Waals surface area contributed by atoms with Crippen molar-refractivity contribution in [3.8, 4) is 0 Å². The predicted molar refractivity (Wildman–Crippen MR) is 73.1 cm³/mol. The van der Waals surface area contributed by atoms with Crippen LogP contribution < -0.4 is 5.32 Å². The van der Waals surface area contributed by atoms with Gasteiger partial charge in [-0.05, 0) is 26.8 Å². The molecule has 0 spiro atoms. The van der Waals surface area contributed by atoms with E-state index in [1.807, 2.05) is 20.8 Å². The van der Waals surface area contributed by atoms with Crippen molar-refractivity contribution in [1.29, 1.82) is 0 Å². The summed E-state index contributed by atoms with van der Waals surface area (Å²) in [6, 6.07) is -0.0183. The van der Waals surface area contributed by atoms with E-state index in [1.54, 1.807) is 11.2 Å². The molecule has 1 saturated heterocycles. The molecule has 108 valence electrons. The van der Waals surface area contributed by atoms with Crippen LogP contribution in [0, 0.1) is 0 Å². The molecule has 1 fully saturated rings. The Morgan fingerprint density at radius 1 is 1.44 bits per heavy atom. The molecular formula is C12H26N2O3S. The van der Waals surface area contributed by atoms with Crippen LogP contribution in [0.5, 0.6) is 0 Å². The Kier molecular flexibility index (Phi) is 6.04. The highest BCUT2D eigenvalue weighted by Gasteiger charge is 2.37. The van der Waals surface area contributed by atoms with Crippen molar-refractivity contribution < 1.29 is 13.2 Å². The Bertz CT molecular complexity index is 345. The lowest BCUT2D eigenvalue weighted by Crippen LogP contribution is -2.54. The number of sulfonamides is 1. The standard InChI is InChI=1S/C12H26N2O3S/c1-5-12-9-17-10(3)8-14(12)18(15,16)11(4)7-13-6-2/h10-13H,5-9H2,1-4H3. The fourth-order valence-corrected chi connectivity index (χ4v) is 3.96.